The van der Waals surface area contributed by atoms with Crippen molar-refractivity contribution in [3.05, 3.63) is 59.7 Å². The molecule has 3 aromatic rings. The molecule has 0 saturated carbocycles. The first-order valence-corrected chi connectivity index (χ1v) is 9.88. The van der Waals surface area contributed by atoms with Crippen molar-refractivity contribution in [2.45, 2.75) is 23.4 Å². The van der Waals surface area contributed by atoms with Crippen molar-refractivity contribution in [3.63, 3.8) is 0 Å². The van der Waals surface area contributed by atoms with E-state index in [1.165, 1.54) is 23.1 Å². The number of hydrogen-bond donors (Lipinski definition) is 2. The number of carbonyl (C=O) groups excluding carboxylic acids is 1. The van der Waals surface area contributed by atoms with Crippen LogP contribution in [0.3, 0.4) is 0 Å². The van der Waals surface area contributed by atoms with E-state index in [-0.39, 0.29) is 11.2 Å². The minimum absolute atomic E-state index is 0.154. The fraction of sp³-hybridized carbons (Fsp3) is 0.158. The van der Waals surface area contributed by atoms with Gasteiger partial charge in [0.25, 0.3) is 0 Å². The number of rotatable bonds is 6. The third kappa shape index (κ3) is 5.29. The number of anilines is 3. The molecule has 6 nitrogen and oxygen atoms in total. The first kappa shape index (κ1) is 18.9. The van der Waals surface area contributed by atoms with E-state index in [1.54, 1.807) is 24.3 Å². The summed E-state index contributed by atoms with van der Waals surface area (Å²) < 4.78 is 0.707. The Morgan fingerprint density at radius 1 is 1.19 bits per heavy atom. The minimum atomic E-state index is -0.351. The van der Waals surface area contributed by atoms with Gasteiger partial charge in [-0.3, -0.25) is 4.79 Å². The highest BCUT2D eigenvalue weighted by Gasteiger charge is 2.17. The van der Waals surface area contributed by atoms with Crippen LogP contribution >= 0.6 is 23.1 Å². The van der Waals surface area contributed by atoms with Crippen molar-refractivity contribution >= 4 is 45.5 Å². The van der Waals surface area contributed by atoms with Gasteiger partial charge < -0.3 is 10.6 Å². The summed E-state index contributed by atoms with van der Waals surface area (Å²) in [5.74, 6) is -0.154. The van der Waals surface area contributed by atoms with E-state index >= 15 is 0 Å². The molecule has 0 aliphatic rings. The highest BCUT2D eigenvalue weighted by Crippen LogP contribution is 2.31. The second-order valence-corrected chi connectivity index (χ2v) is 8.37. The SMILES string of the molecule is Cc1cccc(Nc2nnc(S[C@@H](C)C(=O)Nc3cccc(C#N)c3)s2)c1. The lowest BCUT2D eigenvalue weighted by Crippen LogP contribution is -2.22. The molecule has 3 rings (SSSR count). The molecule has 0 unspecified atom stereocenters. The molecule has 2 N–H and O–H groups in total. The number of nitrogens with one attached hydrogen (secondary N) is 2. The highest BCUT2D eigenvalue weighted by molar-refractivity contribution is 8.02. The van der Waals surface area contributed by atoms with E-state index in [4.69, 9.17) is 5.26 Å². The molecule has 27 heavy (non-hydrogen) atoms. The maximum atomic E-state index is 12.4. The monoisotopic (exact) mass is 395 g/mol. The van der Waals surface area contributed by atoms with Gasteiger partial charge in [0, 0.05) is 11.4 Å². The van der Waals surface area contributed by atoms with Crippen LogP contribution in [0.2, 0.25) is 0 Å². The largest absolute Gasteiger partial charge is 0.330 e. The number of carbonyl (C=O) groups is 1. The minimum Gasteiger partial charge on any atom is -0.330 e. The van der Waals surface area contributed by atoms with E-state index in [0.717, 1.165) is 11.3 Å². The molecular weight excluding hydrogens is 378 g/mol. The molecule has 0 saturated heterocycles. The van der Waals surface area contributed by atoms with Crippen LogP contribution in [-0.4, -0.2) is 21.4 Å². The van der Waals surface area contributed by atoms with Crippen molar-refractivity contribution in [2.75, 3.05) is 10.6 Å². The molecule has 0 fully saturated rings. The Labute approximate surface area is 165 Å². The summed E-state index contributed by atoms with van der Waals surface area (Å²) in [7, 11) is 0. The Morgan fingerprint density at radius 2 is 1.96 bits per heavy atom. The molecule has 8 heteroatoms. The summed E-state index contributed by atoms with van der Waals surface area (Å²) in [5, 5.41) is 23.6. The predicted octanol–water partition coefficient (Wildman–Crippen LogP) is 4.58. The summed E-state index contributed by atoms with van der Waals surface area (Å²) in [4.78, 5) is 12.4. The van der Waals surface area contributed by atoms with E-state index in [2.05, 4.69) is 26.9 Å². The van der Waals surface area contributed by atoms with Gasteiger partial charge in [0.2, 0.25) is 11.0 Å². The highest BCUT2D eigenvalue weighted by atomic mass is 32.2. The molecule has 0 aliphatic carbocycles. The van der Waals surface area contributed by atoms with Gasteiger partial charge in [-0.1, -0.05) is 41.3 Å². The summed E-state index contributed by atoms with van der Waals surface area (Å²) in [6.45, 7) is 3.84. The molecular formula is C19H17N5OS2. The van der Waals surface area contributed by atoms with E-state index < -0.39 is 0 Å². The number of thioether (sulfide) groups is 1. The quantitative estimate of drug-likeness (QED) is 0.594. The average molecular weight is 396 g/mol. The van der Waals surface area contributed by atoms with Crippen LogP contribution < -0.4 is 10.6 Å². The van der Waals surface area contributed by atoms with Crippen molar-refractivity contribution in [1.29, 1.82) is 5.26 Å². The molecule has 0 radical (unpaired) electrons. The fourth-order valence-electron chi connectivity index (χ4n) is 2.27. The molecule has 1 amide bonds. The van der Waals surface area contributed by atoms with Gasteiger partial charge in [0.1, 0.15) is 0 Å². The van der Waals surface area contributed by atoms with Crippen molar-refractivity contribution in [2.24, 2.45) is 0 Å². The van der Waals surface area contributed by atoms with Crippen LogP contribution in [0.1, 0.15) is 18.1 Å². The zero-order chi connectivity index (χ0) is 19.2. The molecule has 1 aromatic heterocycles. The third-order valence-electron chi connectivity index (χ3n) is 3.58. The number of amides is 1. The Hall–Kier alpha value is -2.89. The molecule has 0 aliphatic heterocycles. The first-order valence-electron chi connectivity index (χ1n) is 8.18. The lowest BCUT2D eigenvalue weighted by molar-refractivity contribution is -0.115. The number of nitrogens with zero attached hydrogens (tertiary/aromatic N) is 3. The van der Waals surface area contributed by atoms with E-state index in [0.29, 0.717) is 20.7 Å². The second kappa shape index (κ2) is 8.66. The lowest BCUT2D eigenvalue weighted by Gasteiger charge is -2.10. The number of benzene rings is 2. The Balaban J connectivity index is 1.59. The van der Waals surface area contributed by atoms with Gasteiger partial charge in [-0.25, -0.2) is 0 Å². The molecule has 2 aromatic carbocycles. The van der Waals surface area contributed by atoms with Crippen LogP contribution in [0.15, 0.2) is 52.9 Å². The van der Waals surface area contributed by atoms with Gasteiger partial charge >= 0.3 is 0 Å². The van der Waals surface area contributed by atoms with Crippen LogP contribution in [0.4, 0.5) is 16.5 Å². The maximum Gasteiger partial charge on any atom is 0.237 e. The summed E-state index contributed by atoms with van der Waals surface area (Å²) >= 11 is 2.74. The fourth-order valence-corrected chi connectivity index (χ4v) is 4.19. The van der Waals surface area contributed by atoms with Crippen LogP contribution in [0.5, 0.6) is 0 Å². The summed E-state index contributed by atoms with van der Waals surface area (Å²) in [6.07, 6.45) is 0. The number of nitriles is 1. The van der Waals surface area contributed by atoms with Crippen molar-refractivity contribution < 1.29 is 4.79 Å². The molecule has 0 spiro atoms. The van der Waals surface area contributed by atoms with E-state index in [1.807, 2.05) is 38.1 Å². The van der Waals surface area contributed by atoms with Crippen molar-refractivity contribution in [3.8, 4) is 6.07 Å². The molecule has 136 valence electrons. The normalized spacial score (nSPS) is 11.4. The summed E-state index contributed by atoms with van der Waals surface area (Å²) in [5.41, 5.74) is 3.21. The molecule has 1 atom stereocenters. The topological polar surface area (TPSA) is 90.7 Å². The zero-order valence-electron chi connectivity index (χ0n) is 14.8. The van der Waals surface area contributed by atoms with Crippen LogP contribution in [0, 0.1) is 18.3 Å². The Morgan fingerprint density at radius 3 is 2.74 bits per heavy atom. The predicted molar refractivity (Wildman–Crippen MR) is 109 cm³/mol. The molecule has 0 bridgehead atoms. The maximum absolute atomic E-state index is 12.4. The third-order valence-corrected chi connectivity index (χ3v) is 5.60. The van der Waals surface area contributed by atoms with Crippen LogP contribution in [0.25, 0.3) is 0 Å². The van der Waals surface area contributed by atoms with Gasteiger partial charge in [0.15, 0.2) is 4.34 Å². The molecule has 1 heterocycles. The standard InChI is InChI=1S/C19H17N5OS2/c1-12-5-3-7-15(9-12)22-18-23-24-19(27-18)26-13(2)17(25)21-16-8-4-6-14(10-16)11-20/h3-10,13H,1-2H3,(H,21,25)(H,22,23)/t13-/m0/s1. The average Bonchev–Trinajstić information content (AvgIpc) is 3.08. The number of aromatic nitrogens is 2. The van der Waals surface area contributed by atoms with Gasteiger partial charge in [0.05, 0.1) is 16.9 Å². The summed E-state index contributed by atoms with van der Waals surface area (Å²) in [6, 6.07) is 16.9. The number of hydrogen-bond acceptors (Lipinski definition) is 7. The van der Waals surface area contributed by atoms with E-state index in [9.17, 15) is 4.79 Å². The lowest BCUT2D eigenvalue weighted by atomic mass is 10.2. The smallest absolute Gasteiger partial charge is 0.237 e. The first-order chi connectivity index (χ1) is 13.0. The number of aryl methyl sites for hydroxylation is 1. The van der Waals surface area contributed by atoms with Gasteiger partial charge in [-0.15, -0.1) is 10.2 Å². The van der Waals surface area contributed by atoms with Crippen molar-refractivity contribution in [1.82, 2.24) is 10.2 Å². The van der Waals surface area contributed by atoms with Crippen LogP contribution in [-0.2, 0) is 4.79 Å². The Kier molecular flexibility index (Phi) is 6.06. The Bertz CT molecular complexity index is 996. The zero-order valence-corrected chi connectivity index (χ0v) is 16.4. The van der Waals surface area contributed by atoms with Gasteiger partial charge in [-0.2, -0.15) is 5.26 Å². The van der Waals surface area contributed by atoms with Gasteiger partial charge in [-0.05, 0) is 49.7 Å². The second-order valence-electron chi connectivity index (χ2n) is 5.81.